The van der Waals surface area contributed by atoms with Gasteiger partial charge in [-0.05, 0) is 70.8 Å². The van der Waals surface area contributed by atoms with Crippen LogP contribution in [0.3, 0.4) is 0 Å². The summed E-state index contributed by atoms with van der Waals surface area (Å²) in [6, 6.07) is 66.4. The zero-order valence-corrected chi connectivity index (χ0v) is 32.7. The molecule has 60 heavy (non-hydrogen) atoms. The number of para-hydroxylation sites is 1. The van der Waals surface area contributed by atoms with E-state index < -0.39 is 0 Å². The van der Waals surface area contributed by atoms with Gasteiger partial charge in [-0.2, -0.15) is 10.5 Å². The lowest BCUT2D eigenvalue weighted by atomic mass is 9.98. The molecular weight excluding hydrogens is 753 g/mol. The Morgan fingerprint density at radius 2 is 1.00 bits per heavy atom. The Morgan fingerprint density at radius 3 is 1.72 bits per heavy atom. The standard InChI is InChI=1S/C53H30N6S/c54-31-33-26-34(32-55)28-39(27-33)37-22-24-42-41-16-7-9-20-46(41)59(48(42)30-37)47-25-23-38(40-18-11-19-44-43-17-8-10-21-49(43)60-50(40)44)29-45(47)53-57-51(35-12-3-1-4-13-35)56-52(58-53)36-14-5-2-6-15-36/h1-30H. The molecule has 0 spiro atoms. The molecule has 11 rings (SSSR count). The fourth-order valence-corrected chi connectivity index (χ4v) is 9.55. The van der Waals surface area contributed by atoms with E-state index in [2.05, 4.69) is 120 Å². The zero-order chi connectivity index (χ0) is 40.2. The summed E-state index contributed by atoms with van der Waals surface area (Å²) in [5, 5.41) is 24.3. The largest absolute Gasteiger partial charge is 0.308 e. The van der Waals surface area contributed by atoms with Crippen molar-refractivity contribution < 1.29 is 0 Å². The van der Waals surface area contributed by atoms with Crippen molar-refractivity contribution in [1.29, 1.82) is 10.5 Å². The van der Waals surface area contributed by atoms with Crippen molar-refractivity contribution in [3.05, 3.63) is 193 Å². The highest BCUT2D eigenvalue weighted by atomic mass is 32.1. The summed E-state index contributed by atoms with van der Waals surface area (Å²) in [6.07, 6.45) is 0. The summed E-state index contributed by atoms with van der Waals surface area (Å²) in [5.41, 5.74) is 10.3. The minimum absolute atomic E-state index is 0.439. The second-order valence-electron chi connectivity index (χ2n) is 14.7. The average Bonchev–Trinajstić information content (AvgIpc) is 3.87. The summed E-state index contributed by atoms with van der Waals surface area (Å²) < 4.78 is 4.76. The third-order valence-corrected chi connectivity index (χ3v) is 12.3. The summed E-state index contributed by atoms with van der Waals surface area (Å²) >= 11 is 1.81. The lowest BCUT2D eigenvalue weighted by molar-refractivity contribution is 1.06. The Morgan fingerprint density at radius 1 is 0.400 bits per heavy atom. The molecule has 3 aromatic heterocycles. The summed E-state index contributed by atoms with van der Waals surface area (Å²) in [6.45, 7) is 0. The fourth-order valence-electron chi connectivity index (χ4n) is 8.31. The van der Waals surface area contributed by atoms with Gasteiger partial charge in [0.1, 0.15) is 0 Å². The van der Waals surface area contributed by atoms with Gasteiger partial charge in [0.15, 0.2) is 17.5 Å². The maximum Gasteiger partial charge on any atom is 0.166 e. The Bertz CT molecular complexity index is 3480. The van der Waals surface area contributed by atoms with E-state index in [1.807, 2.05) is 84.1 Å². The van der Waals surface area contributed by atoms with Crippen LogP contribution in [0, 0.1) is 22.7 Å². The van der Waals surface area contributed by atoms with Gasteiger partial charge >= 0.3 is 0 Å². The molecule has 0 aliphatic carbocycles. The summed E-state index contributed by atoms with van der Waals surface area (Å²) in [7, 11) is 0. The monoisotopic (exact) mass is 782 g/mol. The van der Waals surface area contributed by atoms with Gasteiger partial charge in [0.2, 0.25) is 0 Å². The molecule has 0 N–H and O–H groups in total. The van der Waals surface area contributed by atoms with Crippen LogP contribution >= 0.6 is 11.3 Å². The maximum atomic E-state index is 9.83. The molecular formula is C53H30N6S. The highest BCUT2D eigenvalue weighted by Crippen LogP contribution is 2.43. The molecule has 6 nitrogen and oxygen atoms in total. The highest BCUT2D eigenvalue weighted by Gasteiger charge is 2.22. The van der Waals surface area contributed by atoms with Gasteiger partial charge in [0.25, 0.3) is 0 Å². The molecule has 0 unspecified atom stereocenters. The van der Waals surface area contributed by atoms with Crippen LogP contribution in [0.1, 0.15) is 11.1 Å². The predicted octanol–water partition coefficient (Wildman–Crippen LogP) is 13.4. The Balaban J connectivity index is 1.22. The smallest absolute Gasteiger partial charge is 0.166 e. The van der Waals surface area contributed by atoms with E-state index in [1.54, 1.807) is 6.07 Å². The molecule has 0 aliphatic rings. The number of nitriles is 2. The molecule has 0 saturated heterocycles. The van der Waals surface area contributed by atoms with E-state index in [0.29, 0.717) is 28.6 Å². The number of benzene rings is 8. The predicted molar refractivity (Wildman–Crippen MR) is 244 cm³/mol. The van der Waals surface area contributed by atoms with Crippen LogP contribution < -0.4 is 0 Å². The molecule has 278 valence electrons. The molecule has 0 aliphatic heterocycles. The average molecular weight is 783 g/mol. The van der Waals surface area contributed by atoms with Crippen LogP contribution in [0.15, 0.2) is 182 Å². The van der Waals surface area contributed by atoms with E-state index >= 15 is 0 Å². The van der Waals surface area contributed by atoms with Crippen LogP contribution in [0.4, 0.5) is 0 Å². The minimum Gasteiger partial charge on any atom is -0.308 e. The first-order valence-electron chi connectivity index (χ1n) is 19.5. The first-order valence-corrected chi connectivity index (χ1v) is 20.4. The summed E-state index contributed by atoms with van der Waals surface area (Å²) in [5.74, 6) is 1.71. The summed E-state index contributed by atoms with van der Waals surface area (Å²) in [4.78, 5) is 15.6. The quantitative estimate of drug-likeness (QED) is 0.167. The van der Waals surface area contributed by atoms with Crippen molar-refractivity contribution >= 4 is 53.3 Å². The van der Waals surface area contributed by atoms with Gasteiger partial charge in [0.05, 0.1) is 40.0 Å². The molecule has 0 amide bonds. The van der Waals surface area contributed by atoms with Gasteiger partial charge in [-0.25, -0.2) is 15.0 Å². The number of nitrogens with zero attached hydrogens (tertiary/aromatic N) is 6. The van der Waals surface area contributed by atoms with Gasteiger partial charge in [-0.15, -0.1) is 11.3 Å². The first kappa shape index (κ1) is 35.0. The molecule has 8 aromatic carbocycles. The molecule has 0 radical (unpaired) electrons. The van der Waals surface area contributed by atoms with Crippen LogP contribution in [0.5, 0.6) is 0 Å². The molecule has 11 aromatic rings. The lowest BCUT2D eigenvalue weighted by Gasteiger charge is -2.17. The molecule has 7 heteroatoms. The van der Waals surface area contributed by atoms with Crippen molar-refractivity contribution in [2.45, 2.75) is 0 Å². The van der Waals surface area contributed by atoms with Crippen molar-refractivity contribution in [2.75, 3.05) is 0 Å². The SMILES string of the molecule is N#Cc1cc(C#N)cc(-c2ccc3c4ccccc4n(-c4ccc(-c5cccc6c5sc5ccccc56)cc4-c4nc(-c5ccccc5)nc(-c5ccccc5)n4)c3c2)c1. The third kappa shape index (κ3) is 5.89. The molecule has 0 bridgehead atoms. The topological polar surface area (TPSA) is 91.2 Å². The molecule has 0 fully saturated rings. The van der Waals surface area contributed by atoms with Crippen molar-refractivity contribution in [1.82, 2.24) is 19.5 Å². The lowest BCUT2D eigenvalue weighted by Crippen LogP contribution is -2.04. The van der Waals surface area contributed by atoms with Crippen molar-refractivity contribution in [3.63, 3.8) is 0 Å². The normalized spacial score (nSPS) is 11.3. The molecule has 0 saturated carbocycles. The van der Waals surface area contributed by atoms with Crippen LogP contribution in [0.25, 0.3) is 104 Å². The second-order valence-corrected chi connectivity index (χ2v) is 15.7. The number of aromatic nitrogens is 4. The van der Waals surface area contributed by atoms with Gasteiger partial charge in [-0.1, -0.05) is 133 Å². The fraction of sp³-hybridized carbons (Fsp3) is 0. The Labute approximate surface area is 349 Å². The first-order chi connectivity index (χ1) is 29.6. The van der Waals surface area contributed by atoms with Crippen molar-refractivity contribution in [3.8, 4) is 74.2 Å². The van der Waals surface area contributed by atoms with Crippen LogP contribution in [-0.4, -0.2) is 19.5 Å². The van der Waals surface area contributed by atoms with Gasteiger partial charge in [-0.3, -0.25) is 0 Å². The number of rotatable bonds is 6. The Kier molecular flexibility index (Phi) is 8.34. The van der Waals surface area contributed by atoms with Gasteiger partial charge in [0, 0.05) is 47.6 Å². The van der Waals surface area contributed by atoms with E-state index in [1.165, 1.54) is 20.2 Å². The molecule has 3 heterocycles. The van der Waals surface area contributed by atoms with E-state index in [-0.39, 0.29) is 0 Å². The van der Waals surface area contributed by atoms with Crippen molar-refractivity contribution in [2.24, 2.45) is 0 Å². The van der Waals surface area contributed by atoms with E-state index in [0.717, 1.165) is 66.4 Å². The van der Waals surface area contributed by atoms with Crippen LogP contribution in [-0.2, 0) is 0 Å². The maximum absolute atomic E-state index is 9.83. The minimum atomic E-state index is 0.439. The Hall–Kier alpha value is -8.23. The number of hydrogen-bond acceptors (Lipinski definition) is 6. The number of thiophene rings is 1. The van der Waals surface area contributed by atoms with E-state index in [4.69, 9.17) is 15.0 Å². The third-order valence-electron chi connectivity index (χ3n) is 11.1. The molecule has 0 atom stereocenters. The highest BCUT2D eigenvalue weighted by molar-refractivity contribution is 7.26. The van der Waals surface area contributed by atoms with Gasteiger partial charge < -0.3 is 4.57 Å². The van der Waals surface area contributed by atoms with E-state index in [9.17, 15) is 10.5 Å². The number of hydrogen-bond donors (Lipinski definition) is 0. The second kappa shape index (κ2) is 14.3. The number of fused-ring (bicyclic) bond motifs is 6. The van der Waals surface area contributed by atoms with Crippen LogP contribution in [0.2, 0.25) is 0 Å². The zero-order valence-electron chi connectivity index (χ0n) is 31.9.